The van der Waals surface area contributed by atoms with E-state index in [-0.39, 0.29) is 17.7 Å². The molecule has 1 aliphatic rings. The number of methoxy groups -OCH3 is 1. The average Bonchev–Trinajstić information content (AvgIpc) is 2.61. The first-order valence-corrected chi connectivity index (χ1v) is 8.44. The maximum atomic E-state index is 12.8. The highest BCUT2D eigenvalue weighted by Gasteiger charge is 2.35. The highest BCUT2D eigenvalue weighted by Crippen LogP contribution is 2.32. The molecular formula is C19H19ClN2O3. The molecule has 1 fully saturated rings. The molecule has 6 heteroatoms. The molecule has 1 aliphatic heterocycles. The number of hydrogen-bond acceptors (Lipinski definition) is 3. The SMILES string of the molecule is COc1cccc([C@H]2NC(=O)CCC2C(=O)Nc2cccc(Cl)c2)c1. The summed E-state index contributed by atoms with van der Waals surface area (Å²) in [7, 11) is 1.59. The van der Waals surface area contributed by atoms with Gasteiger partial charge in [0.05, 0.1) is 19.1 Å². The molecule has 0 radical (unpaired) electrons. The second kappa shape index (κ2) is 7.57. The highest BCUT2D eigenvalue weighted by molar-refractivity contribution is 6.30. The number of nitrogens with one attached hydrogen (secondary N) is 2. The van der Waals surface area contributed by atoms with E-state index in [1.807, 2.05) is 24.3 Å². The van der Waals surface area contributed by atoms with Gasteiger partial charge in [-0.3, -0.25) is 9.59 Å². The van der Waals surface area contributed by atoms with Gasteiger partial charge in [0.1, 0.15) is 5.75 Å². The van der Waals surface area contributed by atoms with E-state index < -0.39 is 6.04 Å². The fraction of sp³-hybridized carbons (Fsp3) is 0.263. The zero-order valence-electron chi connectivity index (χ0n) is 13.8. The second-order valence-corrected chi connectivity index (χ2v) is 6.40. The van der Waals surface area contributed by atoms with Crippen LogP contribution in [0.15, 0.2) is 48.5 Å². The molecule has 2 amide bonds. The Morgan fingerprint density at radius 3 is 2.80 bits per heavy atom. The normalized spacial score (nSPS) is 19.8. The van der Waals surface area contributed by atoms with Crippen LogP contribution in [0, 0.1) is 5.92 Å². The fourth-order valence-corrected chi connectivity index (χ4v) is 3.22. The molecule has 2 aromatic carbocycles. The van der Waals surface area contributed by atoms with Crippen LogP contribution in [0.5, 0.6) is 5.75 Å². The summed E-state index contributed by atoms with van der Waals surface area (Å²) in [6.45, 7) is 0. The van der Waals surface area contributed by atoms with Gasteiger partial charge in [-0.2, -0.15) is 0 Å². The standard InChI is InChI=1S/C19H19ClN2O3/c1-25-15-7-2-4-12(10-15)18-16(8-9-17(23)22-18)19(24)21-14-6-3-5-13(20)11-14/h2-7,10-11,16,18H,8-9H2,1H3,(H,21,24)(H,22,23)/t16?,18-/m1/s1. The number of benzene rings is 2. The monoisotopic (exact) mass is 358 g/mol. The minimum absolute atomic E-state index is 0.0559. The van der Waals surface area contributed by atoms with Crippen molar-refractivity contribution >= 4 is 29.1 Å². The Morgan fingerprint density at radius 1 is 1.24 bits per heavy atom. The number of halogens is 1. The molecule has 5 nitrogen and oxygen atoms in total. The van der Waals surface area contributed by atoms with Gasteiger partial charge in [0.25, 0.3) is 0 Å². The number of carbonyl (C=O) groups excluding carboxylic acids is 2. The topological polar surface area (TPSA) is 67.4 Å². The summed E-state index contributed by atoms with van der Waals surface area (Å²) in [5.41, 5.74) is 1.48. The molecule has 130 valence electrons. The van der Waals surface area contributed by atoms with Crippen molar-refractivity contribution in [3.63, 3.8) is 0 Å². The fourth-order valence-electron chi connectivity index (χ4n) is 3.03. The minimum atomic E-state index is -0.393. The summed E-state index contributed by atoms with van der Waals surface area (Å²) in [5, 5.41) is 6.38. The number of anilines is 1. The van der Waals surface area contributed by atoms with Crippen LogP contribution in [-0.2, 0) is 9.59 Å². The lowest BCUT2D eigenvalue weighted by atomic mass is 9.85. The number of ether oxygens (including phenoxy) is 1. The van der Waals surface area contributed by atoms with Crippen molar-refractivity contribution in [3.05, 3.63) is 59.1 Å². The van der Waals surface area contributed by atoms with E-state index in [1.165, 1.54) is 0 Å². The smallest absolute Gasteiger partial charge is 0.229 e. The molecular weight excluding hydrogens is 340 g/mol. The summed E-state index contributed by atoms with van der Waals surface area (Å²) in [6, 6.07) is 14.0. The lowest BCUT2D eigenvalue weighted by Gasteiger charge is -2.31. The Bertz CT molecular complexity index is 794. The Balaban J connectivity index is 1.83. The number of rotatable bonds is 4. The lowest BCUT2D eigenvalue weighted by molar-refractivity contribution is -0.128. The van der Waals surface area contributed by atoms with E-state index in [1.54, 1.807) is 31.4 Å². The lowest BCUT2D eigenvalue weighted by Crippen LogP contribution is -2.43. The molecule has 1 unspecified atom stereocenters. The number of piperidine rings is 1. The molecule has 3 rings (SSSR count). The molecule has 0 aliphatic carbocycles. The van der Waals surface area contributed by atoms with E-state index in [0.717, 1.165) is 5.56 Å². The van der Waals surface area contributed by atoms with Crippen LogP contribution in [0.4, 0.5) is 5.69 Å². The van der Waals surface area contributed by atoms with Crippen LogP contribution in [0.2, 0.25) is 5.02 Å². The zero-order valence-corrected chi connectivity index (χ0v) is 14.5. The zero-order chi connectivity index (χ0) is 17.8. The first-order valence-electron chi connectivity index (χ1n) is 8.06. The van der Waals surface area contributed by atoms with E-state index >= 15 is 0 Å². The van der Waals surface area contributed by atoms with Crippen LogP contribution in [-0.4, -0.2) is 18.9 Å². The molecule has 1 saturated heterocycles. The Hall–Kier alpha value is -2.53. The van der Waals surface area contributed by atoms with Gasteiger partial charge in [0, 0.05) is 17.1 Å². The Morgan fingerprint density at radius 2 is 2.04 bits per heavy atom. The first kappa shape index (κ1) is 17.3. The van der Waals surface area contributed by atoms with Crippen molar-refractivity contribution in [2.24, 2.45) is 5.92 Å². The van der Waals surface area contributed by atoms with Gasteiger partial charge < -0.3 is 15.4 Å². The van der Waals surface area contributed by atoms with Gasteiger partial charge in [-0.05, 0) is 42.3 Å². The van der Waals surface area contributed by atoms with Crippen molar-refractivity contribution in [2.45, 2.75) is 18.9 Å². The first-order chi connectivity index (χ1) is 12.1. The van der Waals surface area contributed by atoms with Crippen LogP contribution in [0.25, 0.3) is 0 Å². The third-order valence-electron chi connectivity index (χ3n) is 4.28. The number of hydrogen-bond donors (Lipinski definition) is 2. The quantitative estimate of drug-likeness (QED) is 0.878. The summed E-state index contributed by atoms with van der Waals surface area (Å²) >= 11 is 5.97. The van der Waals surface area contributed by atoms with Crippen molar-refractivity contribution in [3.8, 4) is 5.75 Å². The molecule has 1 heterocycles. The van der Waals surface area contributed by atoms with Crippen molar-refractivity contribution in [2.75, 3.05) is 12.4 Å². The van der Waals surface area contributed by atoms with E-state index in [0.29, 0.717) is 29.3 Å². The third kappa shape index (κ3) is 4.12. The maximum Gasteiger partial charge on any atom is 0.229 e. The molecule has 25 heavy (non-hydrogen) atoms. The van der Waals surface area contributed by atoms with Crippen LogP contribution in [0.3, 0.4) is 0 Å². The van der Waals surface area contributed by atoms with Gasteiger partial charge in [0.15, 0.2) is 0 Å². The summed E-state index contributed by atoms with van der Waals surface area (Å²) in [5.74, 6) is 0.116. The second-order valence-electron chi connectivity index (χ2n) is 5.97. The average molecular weight is 359 g/mol. The predicted molar refractivity (Wildman–Crippen MR) is 96.7 cm³/mol. The van der Waals surface area contributed by atoms with Gasteiger partial charge in [-0.15, -0.1) is 0 Å². The van der Waals surface area contributed by atoms with E-state index in [9.17, 15) is 9.59 Å². The molecule has 2 N–H and O–H groups in total. The van der Waals surface area contributed by atoms with Crippen LogP contribution >= 0.6 is 11.6 Å². The highest BCUT2D eigenvalue weighted by atomic mass is 35.5. The van der Waals surface area contributed by atoms with Gasteiger partial charge in [0.2, 0.25) is 11.8 Å². The van der Waals surface area contributed by atoms with E-state index in [4.69, 9.17) is 16.3 Å². The molecule has 2 aromatic rings. The van der Waals surface area contributed by atoms with Crippen molar-refractivity contribution < 1.29 is 14.3 Å². The van der Waals surface area contributed by atoms with E-state index in [2.05, 4.69) is 10.6 Å². The number of carbonyl (C=O) groups is 2. The summed E-state index contributed by atoms with van der Waals surface area (Å²) in [4.78, 5) is 24.7. The van der Waals surface area contributed by atoms with Gasteiger partial charge in [-0.25, -0.2) is 0 Å². The van der Waals surface area contributed by atoms with Crippen LogP contribution < -0.4 is 15.4 Å². The third-order valence-corrected chi connectivity index (χ3v) is 4.52. The van der Waals surface area contributed by atoms with Gasteiger partial charge in [-0.1, -0.05) is 29.8 Å². The molecule has 0 bridgehead atoms. The Labute approximate surface area is 151 Å². The molecule has 2 atom stereocenters. The predicted octanol–water partition coefficient (Wildman–Crippen LogP) is 3.55. The largest absolute Gasteiger partial charge is 0.497 e. The molecule has 0 aromatic heterocycles. The molecule has 0 spiro atoms. The summed E-state index contributed by atoms with van der Waals surface area (Å²) < 4.78 is 5.25. The number of amides is 2. The maximum absolute atomic E-state index is 12.8. The summed E-state index contributed by atoms with van der Waals surface area (Å²) in [6.07, 6.45) is 0.814. The van der Waals surface area contributed by atoms with Crippen LogP contribution in [0.1, 0.15) is 24.4 Å². The Kier molecular flexibility index (Phi) is 5.24. The molecule has 0 saturated carbocycles. The van der Waals surface area contributed by atoms with Gasteiger partial charge >= 0.3 is 0 Å². The minimum Gasteiger partial charge on any atom is -0.497 e. The van der Waals surface area contributed by atoms with Crippen molar-refractivity contribution in [1.82, 2.24) is 5.32 Å². The van der Waals surface area contributed by atoms with Crippen molar-refractivity contribution in [1.29, 1.82) is 0 Å².